The maximum Gasteiger partial charge on any atom is 0.225 e. The monoisotopic (exact) mass is 364 g/mol. The van der Waals surface area contributed by atoms with Gasteiger partial charge in [0, 0.05) is 28.3 Å². The van der Waals surface area contributed by atoms with Crippen LogP contribution in [-0.4, -0.2) is 25.1 Å². The average Bonchev–Trinajstić information content (AvgIpc) is 2.73. The van der Waals surface area contributed by atoms with Crippen molar-refractivity contribution in [2.24, 2.45) is 7.05 Å². The molecule has 1 aromatic carbocycles. The first-order valence-electron chi connectivity index (χ1n) is 7.42. The summed E-state index contributed by atoms with van der Waals surface area (Å²) in [4.78, 5) is 13.4. The number of nitrogens with one attached hydrogen (secondary N) is 2. The van der Waals surface area contributed by atoms with Crippen LogP contribution in [0.2, 0.25) is 10.0 Å². The van der Waals surface area contributed by atoms with Gasteiger partial charge in [0.05, 0.1) is 6.20 Å². The second kappa shape index (κ2) is 6.11. The number of aromatic nitrogens is 4. The van der Waals surface area contributed by atoms with E-state index in [2.05, 4.69) is 46.4 Å². The van der Waals surface area contributed by atoms with E-state index in [1.807, 2.05) is 11.6 Å². The summed E-state index contributed by atoms with van der Waals surface area (Å²) in [5, 5.41) is 7.57. The van der Waals surface area contributed by atoms with Gasteiger partial charge in [-0.2, -0.15) is 4.98 Å². The van der Waals surface area contributed by atoms with Gasteiger partial charge in [-0.3, -0.25) is 4.57 Å². The molecule has 0 unspecified atom stereocenters. The molecular formula is C16H18Cl2N6. The van der Waals surface area contributed by atoms with Gasteiger partial charge in [-0.05, 0) is 39.0 Å². The minimum Gasteiger partial charge on any atom is -0.350 e. The van der Waals surface area contributed by atoms with Crippen molar-refractivity contribution in [3.8, 4) is 0 Å². The third kappa shape index (κ3) is 3.71. The Bertz CT molecular complexity index is 877. The Hall–Kier alpha value is -2.05. The van der Waals surface area contributed by atoms with Crippen LogP contribution in [0.1, 0.15) is 20.8 Å². The minimum absolute atomic E-state index is 0.120. The summed E-state index contributed by atoms with van der Waals surface area (Å²) in [7, 11) is 1.89. The van der Waals surface area contributed by atoms with Gasteiger partial charge >= 0.3 is 0 Å². The van der Waals surface area contributed by atoms with Crippen molar-refractivity contribution in [3.05, 3.63) is 34.4 Å². The average molecular weight is 365 g/mol. The molecule has 0 radical (unpaired) electrons. The molecule has 0 saturated heterocycles. The fourth-order valence-corrected chi connectivity index (χ4v) is 2.77. The van der Waals surface area contributed by atoms with E-state index >= 15 is 0 Å². The molecule has 2 aromatic heterocycles. The van der Waals surface area contributed by atoms with Crippen molar-refractivity contribution in [2.75, 3.05) is 10.6 Å². The number of nitrogens with zero attached hydrogens (tertiary/aromatic N) is 4. The number of halogens is 2. The molecule has 0 bridgehead atoms. The van der Waals surface area contributed by atoms with Gasteiger partial charge in [0.2, 0.25) is 11.9 Å². The Balaban J connectivity index is 1.96. The fraction of sp³-hybridized carbons (Fsp3) is 0.312. The second-order valence-corrected chi connectivity index (χ2v) is 7.43. The van der Waals surface area contributed by atoms with E-state index in [0.29, 0.717) is 27.5 Å². The van der Waals surface area contributed by atoms with Crippen LogP contribution >= 0.6 is 23.2 Å². The fourth-order valence-electron chi connectivity index (χ4n) is 2.24. The number of hydrogen-bond donors (Lipinski definition) is 2. The molecule has 3 aromatic rings. The van der Waals surface area contributed by atoms with Gasteiger partial charge in [-0.25, -0.2) is 9.97 Å². The maximum atomic E-state index is 6.03. The first kappa shape index (κ1) is 16.8. The Morgan fingerprint density at radius 2 is 1.71 bits per heavy atom. The molecule has 2 N–H and O–H groups in total. The van der Waals surface area contributed by atoms with Crippen molar-refractivity contribution in [3.63, 3.8) is 0 Å². The molecular weight excluding hydrogens is 347 g/mol. The quantitative estimate of drug-likeness (QED) is 0.709. The SMILES string of the molecule is Cn1c(Nc2cc(Cl)cc(Cl)c2)nc2cnc(NC(C)(C)C)nc21. The molecule has 0 aliphatic heterocycles. The summed E-state index contributed by atoms with van der Waals surface area (Å²) in [5.74, 6) is 1.20. The lowest BCUT2D eigenvalue weighted by Crippen LogP contribution is -2.27. The number of rotatable bonds is 3. The number of fused-ring (bicyclic) bond motifs is 1. The zero-order valence-corrected chi connectivity index (χ0v) is 15.4. The highest BCUT2D eigenvalue weighted by atomic mass is 35.5. The van der Waals surface area contributed by atoms with Crippen molar-refractivity contribution in [2.45, 2.75) is 26.3 Å². The predicted octanol–water partition coefficient (Wildman–Crippen LogP) is 4.62. The highest BCUT2D eigenvalue weighted by Crippen LogP contribution is 2.26. The molecule has 0 aliphatic rings. The minimum atomic E-state index is -0.120. The van der Waals surface area contributed by atoms with Gasteiger partial charge in [-0.1, -0.05) is 23.2 Å². The lowest BCUT2D eigenvalue weighted by Gasteiger charge is -2.20. The Morgan fingerprint density at radius 1 is 1.04 bits per heavy atom. The van der Waals surface area contributed by atoms with Crippen LogP contribution in [0.15, 0.2) is 24.4 Å². The molecule has 24 heavy (non-hydrogen) atoms. The molecule has 0 fully saturated rings. The standard InChI is InChI=1S/C16H18Cl2N6/c1-16(2,3)23-14-19-8-12-13(22-14)24(4)15(21-12)20-11-6-9(17)5-10(18)7-11/h5-8H,1-4H3,(H,20,21)(H,19,22,23). The number of anilines is 3. The topological polar surface area (TPSA) is 67.7 Å². The van der Waals surface area contributed by atoms with Gasteiger partial charge in [0.15, 0.2) is 5.65 Å². The van der Waals surface area contributed by atoms with Gasteiger partial charge in [0.1, 0.15) is 5.52 Å². The van der Waals surface area contributed by atoms with Crippen molar-refractivity contribution in [1.82, 2.24) is 19.5 Å². The molecule has 0 spiro atoms. The van der Waals surface area contributed by atoms with E-state index in [1.54, 1.807) is 24.4 Å². The van der Waals surface area contributed by atoms with Crippen LogP contribution in [0.3, 0.4) is 0 Å². The molecule has 2 heterocycles. The van der Waals surface area contributed by atoms with Crippen LogP contribution in [0.5, 0.6) is 0 Å². The zero-order valence-electron chi connectivity index (χ0n) is 13.9. The van der Waals surface area contributed by atoms with E-state index in [9.17, 15) is 0 Å². The van der Waals surface area contributed by atoms with Gasteiger partial charge in [-0.15, -0.1) is 0 Å². The van der Waals surface area contributed by atoms with Crippen molar-refractivity contribution < 1.29 is 0 Å². The van der Waals surface area contributed by atoms with Crippen molar-refractivity contribution in [1.29, 1.82) is 0 Å². The number of aryl methyl sites for hydroxylation is 1. The number of imidazole rings is 1. The maximum absolute atomic E-state index is 6.03. The largest absolute Gasteiger partial charge is 0.350 e. The molecule has 126 valence electrons. The molecule has 0 saturated carbocycles. The third-order valence-corrected chi connectivity index (χ3v) is 3.65. The first-order valence-corrected chi connectivity index (χ1v) is 8.18. The summed E-state index contributed by atoms with van der Waals surface area (Å²) >= 11 is 12.1. The lowest BCUT2D eigenvalue weighted by molar-refractivity contribution is 0.626. The van der Waals surface area contributed by atoms with Crippen LogP contribution in [0, 0.1) is 0 Å². The first-order chi connectivity index (χ1) is 11.2. The molecule has 0 aliphatic carbocycles. The van der Waals surface area contributed by atoms with Gasteiger partial charge < -0.3 is 10.6 Å². The molecule has 0 atom stereocenters. The highest BCUT2D eigenvalue weighted by molar-refractivity contribution is 6.35. The van der Waals surface area contributed by atoms with Crippen LogP contribution in [0.25, 0.3) is 11.2 Å². The van der Waals surface area contributed by atoms with E-state index in [-0.39, 0.29) is 5.54 Å². The van der Waals surface area contributed by atoms with E-state index < -0.39 is 0 Å². The van der Waals surface area contributed by atoms with E-state index in [4.69, 9.17) is 23.2 Å². The molecule has 8 heteroatoms. The normalized spacial score (nSPS) is 11.8. The Labute approximate surface area is 150 Å². The molecule has 6 nitrogen and oxygen atoms in total. The number of benzene rings is 1. The Kier molecular flexibility index (Phi) is 4.27. The highest BCUT2D eigenvalue weighted by Gasteiger charge is 2.15. The molecule has 0 amide bonds. The molecule has 3 rings (SSSR count). The summed E-state index contributed by atoms with van der Waals surface area (Å²) in [6.45, 7) is 6.17. The van der Waals surface area contributed by atoms with Crippen LogP contribution in [0.4, 0.5) is 17.6 Å². The summed E-state index contributed by atoms with van der Waals surface area (Å²) < 4.78 is 1.86. The summed E-state index contributed by atoms with van der Waals surface area (Å²) in [6, 6.07) is 5.25. The smallest absolute Gasteiger partial charge is 0.225 e. The third-order valence-electron chi connectivity index (χ3n) is 3.22. The summed E-state index contributed by atoms with van der Waals surface area (Å²) in [5.41, 5.74) is 2.07. The van der Waals surface area contributed by atoms with E-state index in [1.165, 1.54) is 0 Å². The zero-order chi connectivity index (χ0) is 17.5. The van der Waals surface area contributed by atoms with Gasteiger partial charge in [0.25, 0.3) is 0 Å². The van der Waals surface area contributed by atoms with Crippen LogP contribution < -0.4 is 10.6 Å². The second-order valence-electron chi connectivity index (χ2n) is 6.56. The predicted molar refractivity (Wildman–Crippen MR) is 99.4 cm³/mol. The van der Waals surface area contributed by atoms with Crippen LogP contribution in [-0.2, 0) is 7.05 Å². The number of hydrogen-bond acceptors (Lipinski definition) is 5. The summed E-state index contributed by atoms with van der Waals surface area (Å²) in [6.07, 6.45) is 1.70. The Morgan fingerprint density at radius 3 is 2.33 bits per heavy atom. The van der Waals surface area contributed by atoms with E-state index in [0.717, 1.165) is 11.3 Å². The lowest BCUT2D eigenvalue weighted by atomic mass is 10.1. The van der Waals surface area contributed by atoms with Crippen molar-refractivity contribution >= 4 is 51.9 Å².